The first-order valence-electron chi connectivity index (χ1n) is 5.27. The van der Waals surface area contributed by atoms with E-state index in [0.29, 0.717) is 5.75 Å². The Bertz CT molecular complexity index is 504. The number of fused-ring (bicyclic) bond motifs is 1. The van der Waals surface area contributed by atoms with Crippen LogP contribution in [0.25, 0.3) is 5.69 Å². The summed E-state index contributed by atoms with van der Waals surface area (Å²) in [5, 5.41) is 13.7. The van der Waals surface area contributed by atoms with Crippen LogP contribution in [0.3, 0.4) is 0 Å². The van der Waals surface area contributed by atoms with Gasteiger partial charge in [0.05, 0.1) is 17.6 Å². The second-order valence-electron chi connectivity index (χ2n) is 3.85. The molecule has 0 radical (unpaired) electrons. The number of phenols is 1. The van der Waals surface area contributed by atoms with Gasteiger partial charge in [0.1, 0.15) is 5.75 Å². The monoisotopic (exact) mass is 232 g/mol. The van der Waals surface area contributed by atoms with Crippen LogP contribution in [0.15, 0.2) is 30.5 Å². The van der Waals surface area contributed by atoms with E-state index in [-0.39, 0.29) is 0 Å². The lowest BCUT2D eigenvalue weighted by molar-refractivity contribution is 0.475. The van der Waals surface area contributed by atoms with Gasteiger partial charge >= 0.3 is 0 Å². The molecule has 82 valence electrons. The molecule has 0 amide bonds. The maximum absolute atomic E-state index is 9.26. The van der Waals surface area contributed by atoms with Gasteiger partial charge in [-0.15, -0.1) is 0 Å². The van der Waals surface area contributed by atoms with Crippen molar-refractivity contribution in [1.29, 1.82) is 0 Å². The Morgan fingerprint density at radius 1 is 1.25 bits per heavy atom. The van der Waals surface area contributed by atoms with E-state index in [1.54, 1.807) is 12.1 Å². The molecule has 1 aromatic carbocycles. The minimum Gasteiger partial charge on any atom is -0.508 e. The molecule has 2 heterocycles. The third kappa shape index (κ3) is 1.59. The van der Waals surface area contributed by atoms with Crippen molar-refractivity contribution >= 4 is 11.8 Å². The molecule has 4 heteroatoms. The second-order valence-corrected chi connectivity index (χ2v) is 4.95. The molecule has 16 heavy (non-hydrogen) atoms. The molecule has 0 aliphatic carbocycles. The number of aromatic nitrogens is 2. The van der Waals surface area contributed by atoms with E-state index in [0.717, 1.165) is 17.9 Å². The summed E-state index contributed by atoms with van der Waals surface area (Å²) in [6.07, 6.45) is 3.07. The van der Waals surface area contributed by atoms with Crippen molar-refractivity contribution in [3.8, 4) is 11.4 Å². The Morgan fingerprint density at radius 3 is 2.88 bits per heavy atom. The first-order valence-corrected chi connectivity index (χ1v) is 6.43. The van der Waals surface area contributed by atoms with Crippen LogP contribution < -0.4 is 0 Å². The van der Waals surface area contributed by atoms with E-state index in [1.165, 1.54) is 17.0 Å². The van der Waals surface area contributed by atoms with Crippen LogP contribution in [0.1, 0.15) is 11.3 Å². The standard InChI is InChI=1S/C12H12N2OS/c15-11-3-1-10(2-4-11)14-12-8-16-6-5-9(12)7-13-14/h1-4,7,15H,5-6,8H2. The predicted molar refractivity (Wildman–Crippen MR) is 65.1 cm³/mol. The third-order valence-electron chi connectivity index (χ3n) is 2.80. The summed E-state index contributed by atoms with van der Waals surface area (Å²) in [4.78, 5) is 0. The molecular weight excluding hydrogens is 220 g/mol. The molecular formula is C12H12N2OS. The molecule has 0 saturated carbocycles. The van der Waals surface area contributed by atoms with E-state index in [4.69, 9.17) is 0 Å². The Labute approximate surface area is 98.1 Å². The summed E-state index contributed by atoms with van der Waals surface area (Å²) in [5.41, 5.74) is 3.66. The van der Waals surface area contributed by atoms with Crippen LogP contribution in [-0.2, 0) is 12.2 Å². The van der Waals surface area contributed by atoms with Gasteiger partial charge in [0.25, 0.3) is 0 Å². The number of thioether (sulfide) groups is 1. The van der Waals surface area contributed by atoms with Crippen LogP contribution in [-0.4, -0.2) is 20.6 Å². The van der Waals surface area contributed by atoms with Crippen LogP contribution in [0.2, 0.25) is 0 Å². The molecule has 2 aromatic rings. The maximum atomic E-state index is 9.26. The van der Waals surface area contributed by atoms with Crippen molar-refractivity contribution in [2.45, 2.75) is 12.2 Å². The van der Waals surface area contributed by atoms with Crippen molar-refractivity contribution in [2.75, 3.05) is 5.75 Å². The Hall–Kier alpha value is -1.42. The molecule has 3 rings (SSSR count). The van der Waals surface area contributed by atoms with Crippen molar-refractivity contribution in [3.63, 3.8) is 0 Å². The molecule has 3 nitrogen and oxygen atoms in total. The minimum atomic E-state index is 0.291. The van der Waals surface area contributed by atoms with E-state index >= 15 is 0 Å². The highest BCUT2D eigenvalue weighted by atomic mass is 32.2. The van der Waals surface area contributed by atoms with Crippen molar-refractivity contribution in [1.82, 2.24) is 9.78 Å². The van der Waals surface area contributed by atoms with Gasteiger partial charge in [-0.25, -0.2) is 4.68 Å². The zero-order valence-electron chi connectivity index (χ0n) is 8.76. The highest BCUT2D eigenvalue weighted by Gasteiger charge is 2.15. The lowest BCUT2D eigenvalue weighted by Gasteiger charge is -2.13. The van der Waals surface area contributed by atoms with E-state index in [1.807, 2.05) is 34.8 Å². The first-order chi connectivity index (χ1) is 7.84. The highest BCUT2D eigenvalue weighted by Crippen LogP contribution is 2.26. The number of hydrogen-bond donors (Lipinski definition) is 1. The number of nitrogens with zero attached hydrogens (tertiary/aromatic N) is 2. The fourth-order valence-corrected chi connectivity index (χ4v) is 2.95. The van der Waals surface area contributed by atoms with E-state index in [9.17, 15) is 5.11 Å². The summed E-state index contributed by atoms with van der Waals surface area (Å²) in [6, 6.07) is 7.17. The molecule has 0 fully saturated rings. The van der Waals surface area contributed by atoms with Gasteiger partial charge < -0.3 is 5.11 Å². The summed E-state index contributed by atoms with van der Waals surface area (Å²) in [5.74, 6) is 2.50. The molecule has 1 aromatic heterocycles. The number of aromatic hydroxyl groups is 1. The van der Waals surface area contributed by atoms with Crippen LogP contribution in [0.4, 0.5) is 0 Å². The quantitative estimate of drug-likeness (QED) is 0.820. The first kappa shape index (κ1) is 9.78. The number of rotatable bonds is 1. The number of aryl methyl sites for hydroxylation is 1. The van der Waals surface area contributed by atoms with Crippen molar-refractivity contribution < 1.29 is 5.11 Å². The van der Waals surface area contributed by atoms with Gasteiger partial charge in [-0.3, -0.25) is 0 Å². The second kappa shape index (κ2) is 3.87. The molecule has 1 aliphatic rings. The summed E-state index contributed by atoms with van der Waals surface area (Å²) in [6.45, 7) is 0. The Morgan fingerprint density at radius 2 is 2.06 bits per heavy atom. The topological polar surface area (TPSA) is 38.0 Å². The molecule has 0 saturated heterocycles. The van der Waals surface area contributed by atoms with Crippen LogP contribution in [0, 0.1) is 0 Å². The van der Waals surface area contributed by atoms with Gasteiger partial charge in [-0.1, -0.05) is 0 Å². The fraction of sp³-hybridized carbons (Fsp3) is 0.250. The molecule has 0 bridgehead atoms. The number of hydrogen-bond acceptors (Lipinski definition) is 3. The molecule has 0 atom stereocenters. The summed E-state index contributed by atoms with van der Waals surface area (Å²) in [7, 11) is 0. The highest BCUT2D eigenvalue weighted by molar-refractivity contribution is 7.98. The Balaban J connectivity index is 2.06. The average molecular weight is 232 g/mol. The van der Waals surface area contributed by atoms with Crippen LogP contribution >= 0.6 is 11.8 Å². The van der Waals surface area contributed by atoms with Crippen molar-refractivity contribution in [3.05, 3.63) is 41.7 Å². The minimum absolute atomic E-state index is 0.291. The summed E-state index contributed by atoms with van der Waals surface area (Å²) < 4.78 is 1.97. The van der Waals surface area contributed by atoms with Gasteiger partial charge in [0.2, 0.25) is 0 Å². The summed E-state index contributed by atoms with van der Waals surface area (Å²) >= 11 is 1.94. The number of phenolic OH excluding ortho intramolecular Hbond substituents is 1. The van der Waals surface area contributed by atoms with Gasteiger partial charge in [-0.2, -0.15) is 16.9 Å². The number of benzene rings is 1. The lowest BCUT2D eigenvalue weighted by Crippen LogP contribution is -2.06. The molecule has 1 aliphatic heterocycles. The van der Waals surface area contributed by atoms with Gasteiger partial charge in [0.15, 0.2) is 0 Å². The molecule has 1 N–H and O–H groups in total. The smallest absolute Gasteiger partial charge is 0.115 e. The molecule has 0 spiro atoms. The average Bonchev–Trinajstić information content (AvgIpc) is 2.74. The lowest BCUT2D eigenvalue weighted by atomic mass is 10.2. The zero-order valence-corrected chi connectivity index (χ0v) is 9.57. The van der Waals surface area contributed by atoms with E-state index in [2.05, 4.69) is 5.10 Å². The molecule has 0 unspecified atom stereocenters. The Kier molecular flexibility index (Phi) is 2.36. The normalized spacial score (nSPS) is 14.8. The van der Waals surface area contributed by atoms with Crippen LogP contribution in [0.5, 0.6) is 5.75 Å². The predicted octanol–water partition coefficient (Wildman–Crippen LogP) is 2.37. The maximum Gasteiger partial charge on any atom is 0.115 e. The van der Waals surface area contributed by atoms with Gasteiger partial charge in [-0.05, 0) is 42.0 Å². The zero-order chi connectivity index (χ0) is 11.0. The fourth-order valence-electron chi connectivity index (χ4n) is 1.94. The van der Waals surface area contributed by atoms with E-state index < -0.39 is 0 Å². The van der Waals surface area contributed by atoms with Gasteiger partial charge in [0, 0.05) is 5.75 Å². The third-order valence-corrected chi connectivity index (χ3v) is 3.77. The van der Waals surface area contributed by atoms with Crippen molar-refractivity contribution in [2.24, 2.45) is 0 Å². The SMILES string of the molecule is Oc1ccc(-n2ncc3c2CSCC3)cc1. The largest absolute Gasteiger partial charge is 0.508 e.